The van der Waals surface area contributed by atoms with Crippen molar-refractivity contribution in [2.24, 2.45) is 0 Å². The van der Waals surface area contributed by atoms with E-state index in [1.165, 1.54) is 32.1 Å². The van der Waals surface area contributed by atoms with Crippen molar-refractivity contribution in [1.82, 2.24) is 10.6 Å². The minimum Gasteiger partial charge on any atom is -0.383 e. The summed E-state index contributed by atoms with van der Waals surface area (Å²) < 4.78 is 10.6. The van der Waals surface area contributed by atoms with E-state index in [0.29, 0.717) is 25.8 Å². The van der Waals surface area contributed by atoms with Crippen molar-refractivity contribution in [3.05, 3.63) is 0 Å². The summed E-state index contributed by atoms with van der Waals surface area (Å²) in [5, 5.41) is 5.50. The average molecular weight is 258 g/mol. The Balaban J connectivity index is 1.86. The van der Waals surface area contributed by atoms with Crippen molar-refractivity contribution in [1.29, 1.82) is 0 Å². The van der Waals surface area contributed by atoms with Crippen LogP contribution < -0.4 is 10.6 Å². The fourth-order valence-corrected chi connectivity index (χ4v) is 2.09. The van der Waals surface area contributed by atoms with Crippen LogP contribution in [0.1, 0.15) is 38.5 Å². The van der Waals surface area contributed by atoms with Crippen molar-refractivity contribution in [3.63, 3.8) is 0 Å². The molecule has 0 heterocycles. The van der Waals surface area contributed by atoms with Gasteiger partial charge in [0, 0.05) is 26.8 Å². The van der Waals surface area contributed by atoms with E-state index in [9.17, 15) is 4.79 Å². The first-order valence-corrected chi connectivity index (χ1v) is 6.95. The molecule has 1 aliphatic rings. The van der Waals surface area contributed by atoms with Crippen molar-refractivity contribution >= 4 is 6.03 Å². The maximum atomic E-state index is 11.3. The quantitative estimate of drug-likeness (QED) is 0.651. The van der Waals surface area contributed by atoms with Gasteiger partial charge in [-0.15, -0.1) is 0 Å². The van der Waals surface area contributed by atoms with E-state index in [1.807, 2.05) is 0 Å². The Kier molecular flexibility index (Phi) is 8.59. The fraction of sp³-hybridized carbons (Fsp3) is 0.923. The smallest absolute Gasteiger partial charge is 0.314 e. The van der Waals surface area contributed by atoms with Gasteiger partial charge in [-0.1, -0.05) is 19.3 Å². The number of urea groups is 1. The van der Waals surface area contributed by atoms with Crippen LogP contribution >= 0.6 is 0 Å². The first kappa shape index (κ1) is 15.2. The highest BCUT2D eigenvalue weighted by molar-refractivity contribution is 5.73. The van der Waals surface area contributed by atoms with E-state index in [-0.39, 0.29) is 6.03 Å². The summed E-state index contributed by atoms with van der Waals surface area (Å²) in [5.74, 6) is 0. The maximum absolute atomic E-state index is 11.3. The number of methoxy groups -OCH3 is 1. The number of amides is 2. The number of carbonyl (C=O) groups is 1. The molecule has 0 aliphatic heterocycles. The second kappa shape index (κ2) is 10.1. The van der Waals surface area contributed by atoms with E-state index in [4.69, 9.17) is 9.47 Å². The Morgan fingerprint density at radius 1 is 1.11 bits per heavy atom. The summed E-state index contributed by atoms with van der Waals surface area (Å²) in [6.45, 7) is 2.48. The second-order valence-electron chi connectivity index (χ2n) is 4.66. The zero-order valence-corrected chi connectivity index (χ0v) is 11.4. The Morgan fingerprint density at radius 3 is 2.56 bits per heavy atom. The molecule has 2 N–H and O–H groups in total. The number of carbonyl (C=O) groups excluding carboxylic acids is 1. The molecule has 1 fully saturated rings. The fourth-order valence-electron chi connectivity index (χ4n) is 2.09. The molecule has 0 unspecified atom stereocenters. The van der Waals surface area contributed by atoms with Crippen LogP contribution in [0.4, 0.5) is 4.79 Å². The van der Waals surface area contributed by atoms with Gasteiger partial charge in [-0.05, 0) is 19.3 Å². The predicted octanol–water partition coefficient (Wildman–Crippen LogP) is 1.67. The van der Waals surface area contributed by atoms with Crippen molar-refractivity contribution < 1.29 is 14.3 Å². The number of nitrogens with one attached hydrogen (secondary N) is 2. The van der Waals surface area contributed by atoms with Crippen LogP contribution in [-0.2, 0) is 9.47 Å². The molecule has 106 valence electrons. The van der Waals surface area contributed by atoms with Gasteiger partial charge in [0.2, 0.25) is 0 Å². The van der Waals surface area contributed by atoms with Crippen molar-refractivity contribution in [2.45, 2.75) is 44.6 Å². The van der Waals surface area contributed by atoms with E-state index in [2.05, 4.69) is 10.6 Å². The van der Waals surface area contributed by atoms with E-state index in [0.717, 1.165) is 13.0 Å². The predicted molar refractivity (Wildman–Crippen MR) is 70.7 cm³/mol. The summed E-state index contributed by atoms with van der Waals surface area (Å²) in [4.78, 5) is 11.3. The van der Waals surface area contributed by atoms with Gasteiger partial charge in [0.25, 0.3) is 0 Å². The molecular weight excluding hydrogens is 232 g/mol. The molecule has 0 aromatic rings. The summed E-state index contributed by atoms with van der Waals surface area (Å²) in [6.07, 6.45) is 7.66. The number of rotatable bonds is 8. The maximum Gasteiger partial charge on any atom is 0.314 e. The molecule has 2 amide bonds. The third kappa shape index (κ3) is 7.50. The van der Waals surface area contributed by atoms with Crippen LogP contribution in [0.15, 0.2) is 0 Å². The molecule has 1 saturated carbocycles. The van der Waals surface area contributed by atoms with Crippen LogP contribution in [0.5, 0.6) is 0 Å². The Morgan fingerprint density at radius 2 is 1.83 bits per heavy atom. The lowest BCUT2D eigenvalue weighted by atomic mass is 9.98. The molecule has 0 radical (unpaired) electrons. The summed E-state index contributed by atoms with van der Waals surface area (Å²) in [5.41, 5.74) is 0. The largest absolute Gasteiger partial charge is 0.383 e. The molecule has 1 rings (SSSR count). The molecule has 0 aromatic carbocycles. The third-order valence-electron chi connectivity index (χ3n) is 3.10. The lowest BCUT2D eigenvalue weighted by Gasteiger charge is -2.21. The van der Waals surface area contributed by atoms with Crippen LogP contribution in [-0.4, -0.2) is 45.5 Å². The monoisotopic (exact) mass is 258 g/mol. The molecule has 0 aromatic heterocycles. The summed E-state index contributed by atoms with van der Waals surface area (Å²) >= 11 is 0. The van der Waals surface area contributed by atoms with Crippen LogP contribution in [0.2, 0.25) is 0 Å². The zero-order valence-electron chi connectivity index (χ0n) is 11.4. The Bertz CT molecular complexity index is 218. The van der Waals surface area contributed by atoms with Crippen molar-refractivity contribution in [2.75, 3.05) is 33.4 Å². The zero-order chi connectivity index (χ0) is 13.1. The van der Waals surface area contributed by atoms with Gasteiger partial charge in [0.05, 0.1) is 12.7 Å². The van der Waals surface area contributed by atoms with Gasteiger partial charge < -0.3 is 20.1 Å². The molecule has 1 aliphatic carbocycles. The van der Waals surface area contributed by atoms with Crippen LogP contribution in [0, 0.1) is 0 Å². The minimum absolute atomic E-state index is 0.135. The van der Waals surface area contributed by atoms with Gasteiger partial charge in [0.15, 0.2) is 0 Å². The number of ether oxygens (including phenoxy) is 2. The van der Waals surface area contributed by atoms with Gasteiger partial charge in [-0.3, -0.25) is 0 Å². The Hall–Kier alpha value is -0.810. The lowest BCUT2D eigenvalue weighted by Crippen LogP contribution is -2.38. The van der Waals surface area contributed by atoms with Gasteiger partial charge in [-0.25, -0.2) is 4.79 Å². The van der Waals surface area contributed by atoms with E-state index in [1.54, 1.807) is 7.11 Å². The van der Waals surface area contributed by atoms with Gasteiger partial charge >= 0.3 is 6.03 Å². The third-order valence-corrected chi connectivity index (χ3v) is 3.10. The molecule has 0 atom stereocenters. The van der Waals surface area contributed by atoms with Crippen molar-refractivity contribution in [3.8, 4) is 0 Å². The van der Waals surface area contributed by atoms with Gasteiger partial charge in [-0.2, -0.15) is 0 Å². The highest BCUT2D eigenvalue weighted by atomic mass is 16.5. The molecule has 0 spiro atoms. The van der Waals surface area contributed by atoms with Crippen LogP contribution in [0.3, 0.4) is 0 Å². The lowest BCUT2D eigenvalue weighted by molar-refractivity contribution is 0.0275. The van der Waals surface area contributed by atoms with E-state index < -0.39 is 0 Å². The molecule has 0 bridgehead atoms. The van der Waals surface area contributed by atoms with E-state index >= 15 is 0 Å². The molecular formula is C13H26N2O3. The summed E-state index contributed by atoms with van der Waals surface area (Å²) in [7, 11) is 1.61. The number of hydrogen-bond donors (Lipinski definition) is 2. The first-order valence-electron chi connectivity index (χ1n) is 6.95. The molecule has 5 nitrogen and oxygen atoms in total. The number of hydrogen-bond acceptors (Lipinski definition) is 3. The second-order valence-corrected chi connectivity index (χ2v) is 4.66. The highest BCUT2D eigenvalue weighted by Gasteiger charge is 2.12. The molecule has 5 heteroatoms. The van der Waals surface area contributed by atoms with Crippen LogP contribution in [0.25, 0.3) is 0 Å². The Labute approximate surface area is 110 Å². The normalized spacial score (nSPS) is 16.5. The first-order chi connectivity index (χ1) is 8.83. The molecule has 18 heavy (non-hydrogen) atoms. The topological polar surface area (TPSA) is 59.6 Å². The highest BCUT2D eigenvalue weighted by Crippen LogP contribution is 2.20. The minimum atomic E-state index is -0.135. The molecule has 0 saturated heterocycles. The van der Waals surface area contributed by atoms with Gasteiger partial charge in [0.1, 0.15) is 0 Å². The average Bonchev–Trinajstić information content (AvgIpc) is 2.40. The SMILES string of the molecule is COCCNC(=O)NCCCOC1CCCCC1. The summed E-state index contributed by atoms with van der Waals surface area (Å²) in [6, 6.07) is -0.135. The standard InChI is InChI=1S/C13H26N2O3/c1-17-11-9-15-13(16)14-8-5-10-18-12-6-3-2-4-7-12/h12H,2-11H2,1H3,(H2,14,15,16).